The molecule has 0 radical (unpaired) electrons. The maximum atomic E-state index is 10.8. The van der Waals surface area contributed by atoms with E-state index >= 15 is 0 Å². The molecule has 17 heavy (non-hydrogen) atoms. The first kappa shape index (κ1) is 17.7. The lowest BCUT2D eigenvalue weighted by Crippen LogP contribution is -2.25. The van der Waals surface area contributed by atoms with Crippen LogP contribution in [0.2, 0.25) is 0 Å². The van der Waals surface area contributed by atoms with Crippen LogP contribution in [0.4, 0.5) is 0 Å². The van der Waals surface area contributed by atoms with Crippen LogP contribution < -0.4 is 11.1 Å². The lowest BCUT2D eigenvalue weighted by molar-refractivity contribution is -0.159. The van der Waals surface area contributed by atoms with Crippen molar-refractivity contribution in [2.75, 3.05) is 19.7 Å². The van der Waals surface area contributed by atoms with Crippen LogP contribution in [-0.2, 0) is 14.4 Å². The first-order valence-corrected chi connectivity index (χ1v) is 4.99. The number of carboxylic acid groups (broad SMARTS) is 2. The molecular weight excluding hydrogens is 232 g/mol. The monoisotopic (exact) mass is 250 g/mol. The predicted octanol–water partition coefficient (Wildman–Crippen LogP) is -1.62. The molecule has 0 atom stereocenters. The van der Waals surface area contributed by atoms with Gasteiger partial charge in [0.05, 0.1) is 0 Å². The molecule has 0 heterocycles. The summed E-state index contributed by atoms with van der Waals surface area (Å²) in [5.74, 6) is -3.63. The molecule has 0 aliphatic rings. The Morgan fingerprint density at radius 2 is 1.59 bits per heavy atom. The molecule has 6 N–H and O–H groups in total. The normalized spacial score (nSPS) is 8.82. The molecule has 0 unspecified atom stereocenters. The summed E-state index contributed by atoms with van der Waals surface area (Å²) in [4.78, 5) is 29.0. The number of aliphatic hydroxyl groups excluding tert-OH is 1. The number of hydrogen-bond donors (Lipinski definition) is 5. The van der Waals surface area contributed by atoms with Crippen molar-refractivity contribution in [2.24, 2.45) is 5.73 Å². The van der Waals surface area contributed by atoms with Crippen molar-refractivity contribution in [1.29, 1.82) is 0 Å². The molecule has 8 nitrogen and oxygen atoms in total. The van der Waals surface area contributed by atoms with Crippen LogP contribution in [0.5, 0.6) is 0 Å². The van der Waals surface area contributed by atoms with Crippen molar-refractivity contribution in [2.45, 2.75) is 19.3 Å². The van der Waals surface area contributed by atoms with Gasteiger partial charge in [0.1, 0.15) is 0 Å². The Labute approximate surface area is 98.4 Å². The van der Waals surface area contributed by atoms with Gasteiger partial charge >= 0.3 is 11.9 Å². The molecule has 0 saturated carbocycles. The zero-order valence-corrected chi connectivity index (χ0v) is 9.39. The van der Waals surface area contributed by atoms with E-state index in [1.165, 1.54) is 0 Å². The van der Waals surface area contributed by atoms with Crippen molar-refractivity contribution < 1.29 is 29.7 Å². The Kier molecular flexibility index (Phi) is 12.9. The topological polar surface area (TPSA) is 150 Å². The standard InChI is InChI=1S/C7H16N2O2.C2H2O4/c8-4-1-3-7(11)9-5-2-6-10;3-1(4)2(5)6/h10H,1-6,8H2,(H,9,11);(H,3,4)(H,5,6). The number of hydrogen-bond acceptors (Lipinski definition) is 5. The van der Waals surface area contributed by atoms with E-state index in [-0.39, 0.29) is 12.5 Å². The number of nitrogens with one attached hydrogen (secondary N) is 1. The summed E-state index contributed by atoms with van der Waals surface area (Å²) in [7, 11) is 0. The van der Waals surface area contributed by atoms with Gasteiger partial charge in [-0.2, -0.15) is 0 Å². The molecule has 0 aliphatic carbocycles. The molecule has 0 aromatic rings. The summed E-state index contributed by atoms with van der Waals surface area (Å²) in [5.41, 5.74) is 5.21. The molecule has 8 heteroatoms. The highest BCUT2D eigenvalue weighted by molar-refractivity contribution is 6.27. The highest BCUT2D eigenvalue weighted by Crippen LogP contribution is 1.85. The summed E-state index contributed by atoms with van der Waals surface area (Å²) >= 11 is 0. The quantitative estimate of drug-likeness (QED) is 0.281. The molecule has 1 amide bonds. The summed E-state index contributed by atoms with van der Waals surface area (Å²) < 4.78 is 0. The van der Waals surface area contributed by atoms with E-state index in [1.807, 2.05) is 0 Å². The Morgan fingerprint density at radius 1 is 1.06 bits per heavy atom. The molecule has 0 rings (SSSR count). The van der Waals surface area contributed by atoms with Gasteiger partial charge in [0.25, 0.3) is 0 Å². The Bertz CT molecular complexity index is 232. The Hall–Kier alpha value is -1.67. The van der Waals surface area contributed by atoms with E-state index < -0.39 is 11.9 Å². The lowest BCUT2D eigenvalue weighted by Gasteiger charge is -2.01. The highest BCUT2D eigenvalue weighted by atomic mass is 16.4. The van der Waals surface area contributed by atoms with E-state index in [2.05, 4.69) is 5.32 Å². The Morgan fingerprint density at radius 3 is 1.94 bits per heavy atom. The fourth-order valence-corrected chi connectivity index (χ4v) is 0.658. The number of rotatable bonds is 6. The minimum Gasteiger partial charge on any atom is -0.473 e. The van der Waals surface area contributed by atoms with E-state index in [0.717, 1.165) is 6.42 Å². The summed E-state index contributed by atoms with van der Waals surface area (Å²) in [6.07, 6.45) is 1.83. The van der Waals surface area contributed by atoms with Crippen molar-refractivity contribution in [3.8, 4) is 0 Å². The van der Waals surface area contributed by atoms with Crippen molar-refractivity contribution in [1.82, 2.24) is 5.32 Å². The van der Waals surface area contributed by atoms with Crippen molar-refractivity contribution in [3.63, 3.8) is 0 Å². The molecule has 0 spiro atoms. The second-order valence-electron chi connectivity index (χ2n) is 2.93. The third-order valence-corrected chi connectivity index (χ3v) is 1.45. The molecule has 0 fully saturated rings. The van der Waals surface area contributed by atoms with Gasteiger partial charge in [-0.1, -0.05) is 0 Å². The second-order valence-corrected chi connectivity index (χ2v) is 2.93. The maximum absolute atomic E-state index is 10.8. The first-order valence-electron chi connectivity index (χ1n) is 4.99. The molecule has 100 valence electrons. The lowest BCUT2D eigenvalue weighted by atomic mass is 10.3. The van der Waals surface area contributed by atoms with Crippen molar-refractivity contribution in [3.05, 3.63) is 0 Å². The number of aliphatic carboxylic acids is 2. The number of amides is 1. The molecular formula is C9H18N2O6. The van der Waals surface area contributed by atoms with Gasteiger partial charge in [0.15, 0.2) is 0 Å². The fourth-order valence-electron chi connectivity index (χ4n) is 0.658. The number of carbonyl (C=O) groups excluding carboxylic acids is 1. The van der Waals surface area contributed by atoms with Crippen LogP contribution in [0.3, 0.4) is 0 Å². The van der Waals surface area contributed by atoms with Gasteiger partial charge in [-0.25, -0.2) is 9.59 Å². The number of carboxylic acids is 2. The largest absolute Gasteiger partial charge is 0.473 e. The average Bonchev–Trinajstić information content (AvgIpc) is 2.27. The molecule has 0 saturated heterocycles. The highest BCUT2D eigenvalue weighted by Gasteiger charge is 2.04. The Balaban J connectivity index is 0. The van der Waals surface area contributed by atoms with Crippen molar-refractivity contribution >= 4 is 17.8 Å². The smallest absolute Gasteiger partial charge is 0.414 e. The zero-order chi connectivity index (χ0) is 13.7. The number of carbonyl (C=O) groups is 3. The van der Waals surface area contributed by atoms with Crippen LogP contribution in [0, 0.1) is 0 Å². The zero-order valence-electron chi connectivity index (χ0n) is 9.39. The van der Waals surface area contributed by atoms with E-state index in [0.29, 0.717) is 25.9 Å². The van der Waals surface area contributed by atoms with Gasteiger partial charge in [0.2, 0.25) is 5.91 Å². The number of aliphatic hydroxyl groups is 1. The van der Waals surface area contributed by atoms with Gasteiger partial charge in [-0.3, -0.25) is 4.79 Å². The molecule has 0 aromatic carbocycles. The van der Waals surface area contributed by atoms with Crippen LogP contribution in [0.15, 0.2) is 0 Å². The third kappa shape index (κ3) is 17.0. The minimum atomic E-state index is -1.82. The third-order valence-electron chi connectivity index (χ3n) is 1.45. The average molecular weight is 250 g/mol. The van der Waals surface area contributed by atoms with Crippen LogP contribution >= 0.6 is 0 Å². The van der Waals surface area contributed by atoms with Crippen LogP contribution in [0.1, 0.15) is 19.3 Å². The van der Waals surface area contributed by atoms with E-state index in [1.54, 1.807) is 0 Å². The van der Waals surface area contributed by atoms with Gasteiger partial charge in [-0.15, -0.1) is 0 Å². The molecule has 0 aliphatic heterocycles. The van der Waals surface area contributed by atoms with Gasteiger partial charge in [-0.05, 0) is 19.4 Å². The summed E-state index contributed by atoms with van der Waals surface area (Å²) in [6.45, 7) is 1.23. The molecule has 0 aromatic heterocycles. The number of nitrogens with two attached hydrogens (primary N) is 1. The summed E-state index contributed by atoms with van der Waals surface area (Å²) in [5, 5.41) is 25.8. The van der Waals surface area contributed by atoms with E-state index in [4.69, 9.17) is 30.6 Å². The first-order chi connectivity index (χ1) is 7.95. The van der Waals surface area contributed by atoms with E-state index in [9.17, 15) is 4.79 Å². The van der Waals surface area contributed by atoms with Crippen LogP contribution in [0.25, 0.3) is 0 Å². The molecule has 0 bridgehead atoms. The second kappa shape index (κ2) is 12.4. The van der Waals surface area contributed by atoms with Gasteiger partial charge < -0.3 is 26.4 Å². The fraction of sp³-hybridized carbons (Fsp3) is 0.667. The predicted molar refractivity (Wildman–Crippen MR) is 58.3 cm³/mol. The summed E-state index contributed by atoms with van der Waals surface area (Å²) in [6, 6.07) is 0. The maximum Gasteiger partial charge on any atom is 0.414 e. The SMILES string of the molecule is NCCCC(=O)NCCCO.O=C(O)C(=O)O. The minimum absolute atomic E-state index is 0.0175. The van der Waals surface area contributed by atoms with Gasteiger partial charge in [0, 0.05) is 19.6 Å². The van der Waals surface area contributed by atoms with Crippen LogP contribution in [-0.4, -0.2) is 52.9 Å².